The number of imidazole rings is 1. The molecule has 2 aromatic heterocycles. The Balaban J connectivity index is 1.73. The van der Waals surface area contributed by atoms with Crippen LogP contribution in [0, 0.1) is 0 Å². The second kappa shape index (κ2) is 7.48. The van der Waals surface area contributed by atoms with E-state index in [9.17, 15) is 15.3 Å². The van der Waals surface area contributed by atoms with Crippen LogP contribution in [0.25, 0.3) is 11.2 Å². The van der Waals surface area contributed by atoms with Gasteiger partial charge in [0.2, 0.25) is 5.95 Å². The molecular weight excluding hydrogens is 366 g/mol. The first-order valence-electron chi connectivity index (χ1n) is 8.55. The number of hydrogen-bond acceptors (Lipinski definition) is 10. The van der Waals surface area contributed by atoms with Gasteiger partial charge in [-0.15, -0.1) is 0 Å². The average Bonchev–Trinajstić information content (AvgIpc) is 3.21. The molecule has 0 spiro atoms. The van der Waals surface area contributed by atoms with Crippen molar-refractivity contribution in [2.75, 3.05) is 17.8 Å². The zero-order chi connectivity index (χ0) is 19.7. The van der Waals surface area contributed by atoms with E-state index in [0.29, 0.717) is 5.65 Å². The van der Waals surface area contributed by atoms with E-state index in [1.165, 1.54) is 10.9 Å². The molecule has 0 bridgehead atoms. The number of hydrazone groups is 1. The highest BCUT2D eigenvalue weighted by Gasteiger charge is 2.45. The van der Waals surface area contributed by atoms with Crippen LogP contribution in [-0.4, -0.2) is 66.0 Å². The van der Waals surface area contributed by atoms with Gasteiger partial charge in [-0.25, -0.2) is 20.4 Å². The standard InChI is InChI=1S/C17H19N7O4/c18-14-11-15(20-8-19-14)24(16-13(27)12(26)10(7-25)28-16)17(22-11)23-21-6-9-4-2-1-3-5-9/h1-6,8,10,12-13,16,25-27H,7H2,(H,22,23)(H2,18,19,20)/b21-6-/t10-,12+,13+,16-/m0/s1. The predicted octanol–water partition coefficient (Wildman–Crippen LogP) is -0.534. The molecule has 0 aliphatic carbocycles. The normalized spacial score (nSPS) is 25.0. The lowest BCUT2D eigenvalue weighted by Gasteiger charge is -2.18. The minimum atomic E-state index is -1.32. The largest absolute Gasteiger partial charge is 0.394 e. The molecular formula is C17H19N7O4. The van der Waals surface area contributed by atoms with E-state index in [2.05, 4.69) is 25.5 Å². The molecule has 3 aromatic rings. The zero-order valence-corrected chi connectivity index (χ0v) is 14.6. The molecule has 6 N–H and O–H groups in total. The van der Waals surface area contributed by atoms with Crippen molar-refractivity contribution in [1.82, 2.24) is 19.5 Å². The van der Waals surface area contributed by atoms with Crippen LogP contribution in [-0.2, 0) is 4.74 Å². The number of aromatic nitrogens is 4. The summed E-state index contributed by atoms with van der Waals surface area (Å²) >= 11 is 0. The van der Waals surface area contributed by atoms with Crippen LogP contribution < -0.4 is 11.2 Å². The summed E-state index contributed by atoms with van der Waals surface area (Å²) in [6, 6.07) is 9.42. The van der Waals surface area contributed by atoms with Crippen molar-refractivity contribution in [2.24, 2.45) is 5.10 Å². The molecule has 4 atom stereocenters. The number of rotatable bonds is 5. The van der Waals surface area contributed by atoms with Gasteiger partial charge in [-0.1, -0.05) is 30.3 Å². The molecule has 1 aliphatic heterocycles. The van der Waals surface area contributed by atoms with E-state index >= 15 is 0 Å². The minimum absolute atomic E-state index is 0.144. The van der Waals surface area contributed by atoms with Gasteiger partial charge in [0.05, 0.1) is 12.8 Å². The van der Waals surface area contributed by atoms with Crippen LogP contribution in [0.3, 0.4) is 0 Å². The first-order chi connectivity index (χ1) is 13.6. The number of fused-ring (bicyclic) bond motifs is 1. The van der Waals surface area contributed by atoms with Crippen LogP contribution in [0.4, 0.5) is 11.8 Å². The first kappa shape index (κ1) is 18.3. The fraction of sp³-hybridized carbons (Fsp3) is 0.294. The van der Waals surface area contributed by atoms with Gasteiger partial charge in [-0.2, -0.15) is 5.10 Å². The Kier molecular flexibility index (Phi) is 4.88. The number of nitrogen functional groups attached to an aromatic ring is 1. The topological polar surface area (TPSA) is 164 Å². The van der Waals surface area contributed by atoms with Crippen molar-refractivity contribution < 1.29 is 20.1 Å². The van der Waals surface area contributed by atoms with Crippen LogP contribution in [0.1, 0.15) is 11.8 Å². The fourth-order valence-electron chi connectivity index (χ4n) is 3.04. The Hall–Kier alpha value is -3.12. The Bertz CT molecular complexity index is 994. The maximum Gasteiger partial charge on any atom is 0.228 e. The second-order valence-corrected chi connectivity index (χ2v) is 6.25. The number of nitrogens with one attached hydrogen (secondary N) is 1. The highest BCUT2D eigenvalue weighted by atomic mass is 16.6. The lowest BCUT2D eigenvalue weighted by atomic mass is 10.1. The molecule has 28 heavy (non-hydrogen) atoms. The zero-order valence-electron chi connectivity index (χ0n) is 14.6. The maximum absolute atomic E-state index is 10.4. The average molecular weight is 385 g/mol. The molecule has 3 heterocycles. The van der Waals surface area contributed by atoms with E-state index in [1.807, 2.05) is 30.3 Å². The molecule has 0 unspecified atom stereocenters. The SMILES string of the molecule is Nc1ncnc2c1nc(N/N=C\c1ccccc1)n2[C@H]1O[C@@H](CO)[C@@H](O)[C@H]1O. The van der Waals surface area contributed by atoms with Crippen molar-refractivity contribution in [3.05, 3.63) is 42.2 Å². The van der Waals surface area contributed by atoms with Crippen LogP contribution in [0.5, 0.6) is 0 Å². The Labute approximate surface area is 159 Å². The third kappa shape index (κ3) is 3.16. The number of benzene rings is 1. The second-order valence-electron chi connectivity index (χ2n) is 6.25. The van der Waals surface area contributed by atoms with Gasteiger partial charge in [0.1, 0.15) is 24.6 Å². The lowest BCUT2D eigenvalue weighted by Crippen LogP contribution is -2.33. The van der Waals surface area contributed by atoms with Crippen molar-refractivity contribution in [3.8, 4) is 0 Å². The van der Waals surface area contributed by atoms with Gasteiger partial charge < -0.3 is 25.8 Å². The maximum atomic E-state index is 10.4. The van der Waals surface area contributed by atoms with E-state index < -0.39 is 31.1 Å². The highest BCUT2D eigenvalue weighted by Crippen LogP contribution is 2.35. The molecule has 11 heteroatoms. The molecule has 146 valence electrons. The summed E-state index contributed by atoms with van der Waals surface area (Å²) in [5.74, 6) is 0.329. The van der Waals surface area contributed by atoms with Gasteiger partial charge in [0.25, 0.3) is 0 Å². The summed E-state index contributed by atoms with van der Waals surface area (Å²) in [4.78, 5) is 12.4. The van der Waals surface area contributed by atoms with Crippen LogP contribution in [0.15, 0.2) is 41.8 Å². The van der Waals surface area contributed by atoms with Crippen LogP contribution in [0.2, 0.25) is 0 Å². The summed E-state index contributed by atoms with van der Waals surface area (Å²) < 4.78 is 7.04. The molecule has 1 saturated heterocycles. The number of aliphatic hydroxyl groups excluding tert-OH is 3. The third-order valence-electron chi connectivity index (χ3n) is 4.45. The molecule has 11 nitrogen and oxygen atoms in total. The van der Waals surface area contributed by atoms with Gasteiger partial charge in [-0.05, 0) is 5.56 Å². The number of nitrogens with two attached hydrogens (primary N) is 1. The molecule has 0 saturated carbocycles. The van der Waals surface area contributed by atoms with E-state index in [0.717, 1.165) is 5.56 Å². The molecule has 0 amide bonds. The molecule has 1 fully saturated rings. The molecule has 1 aliphatic rings. The van der Waals surface area contributed by atoms with E-state index in [1.54, 1.807) is 6.21 Å². The smallest absolute Gasteiger partial charge is 0.228 e. The van der Waals surface area contributed by atoms with E-state index in [-0.39, 0.29) is 17.3 Å². The van der Waals surface area contributed by atoms with Crippen molar-refractivity contribution >= 4 is 29.1 Å². The first-order valence-corrected chi connectivity index (χ1v) is 8.55. The number of aliphatic hydroxyl groups is 3. The van der Waals surface area contributed by atoms with Crippen molar-refractivity contribution in [3.63, 3.8) is 0 Å². The lowest BCUT2D eigenvalue weighted by molar-refractivity contribution is -0.0501. The molecule has 4 rings (SSSR count). The summed E-state index contributed by atoms with van der Waals surface area (Å²) in [6.07, 6.45) is -1.74. The molecule has 1 aromatic carbocycles. The summed E-state index contributed by atoms with van der Waals surface area (Å²) in [5.41, 5.74) is 10.1. The summed E-state index contributed by atoms with van der Waals surface area (Å²) in [6.45, 7) is -0.451. The van der Waals surface area contributed by atoms with E-state index in [4.69, 9.17) is 10.5 Å². The Morgan fingerprint density at radius 2 is 2.00 bits per heavy atom. The Morgan fingerprint density at radius 3 is 2.71 bits per heavy atom. The van der Waals surface area contributed by atoms with Gasteiger partial charge in [0, 0.05) is 0 Å². The fourth-order valence-corrected chi connectivity index (χ4v) is 3.04. The quantitative estimate of drug-likeness (QED) is 0.287. The number of nitrogens with zero attached hydrogens (tertiary/aromatic N) is 5. The third-order valence-corrected chi connectivity index (χ3v) is 4.45. The van der Waals surface area contributed by atoms with Crippen molar-refractivity contribution in [2.45, 2.75) is 24.5 Å². The predicted molar refractivity (Wildman–Crippen MR) is 100 cm³/mol. The molecule has 0 radical (unpaired) electrons. The number of ether oxygens (including phenoxy) is 1. The number of hydrogen-bond donors (Lipinski definition) is 5. The van der Waals surface area contributed by atoms with Gasteiger partial charge in [-0.3, -0.25) is 4.57 Å². The minimum Gasteiger partial charge on any atom is -0.394 e. The monoisotopic (exact) mass is 385 g/mol. The summed E-state index contributed by atoms with van der Waals surface area (Å²) in [7, 11) is 0. The van der Waals surface area contributed by atoms with Crippen molar-refractivity contribution in [1.29, 1.82) is 0 Å². The van der Waals surface area contributed by atoms with Gasteiger partial charge >= 0.3 is 0 Å². The summed E-state index contributed by atoms with van der Waals surface area (Å²) in [5, 5.41) is 34.0. The number of anilines is 2. The van der Waals surface area contributed by atoms with Crippen LogP contribution >= 0.6 is 0 Å². The van der Waals surface area contributed by atoms with Gasteiger partial charge in [0.15, 0.2) is 23.2 Å². The highest BCUT2D eigenvalue weighted by molar-refractivity contribution is 5.84. The Morgan fingerprint density at radius 1 is 1.21 bits per heavy atom.